The van der Waals surface area contributed by atoms with Crippen LogP contribution in [0.15, 0.2) is 67.0 Å². The summed E-state index contributed by atoms with van der Waals surface area (Å²) >= 11 is 6.35. The van der Waals surface area contributed by atoms with Crippen molar-refractivity contribution >= 4 is 17.5 Å². The third kappa shape index (κ3) is 4.06. The van der Waals surface area contributed by atoms with Crippen molar-refractivity contribution in [3.8, 4) is 11.1 Å². The van der Waals surface area contributed by atoms with Crippen LogP contribution in [0.5, 0.6) is 0 Å². The highest BCUT2D eigenvalue weighted by Gasteiger charge is 2.15. The Bertz CT molecular complexity index is 876. The van der Waals surface area contributed by atoms with Crippen LogP contribution in [0.3, 0.4) is 0 Å². The molecule has 3 nitrogen and oxygen atoms in total. The fourth-order valence-corrected chi connectivity index (χ4v) is 2.90. The number of hydrogen-bond acceptors (Lipinski definition) is 2. The normalized spacial score (nSPS) is 11.8. The number of nitrogens with one attached hydrogen (secondary N) is 1. The molecule has 0 bridgehead atoms. The van der Waals surface area contributed by atoms with E-state index < -0.39 is 0 Å². The number of halogens is 1. The highest BCUT2D eigenvalue weighted by Crippen LogP contribution is 2.26. The van der Waals surface area contributed by atoms with Crippen molar-refractivity contribution in [1.82, 2.24) is 10.3 Å². The van der Waals surface area contributed by atoms with E-state index in [0.717, 1.165) is 16.7 Å². The third-order valence-corrected chi connectivity index (χ3v) is 4.47. The first-order valence-corrected chi connectivity index (χ1v) is 8.50. The number of carbonyl (C=O) groups is 1. The zero-order chi connectivity index (χ0) is 17.8. The molecular formula is C21H19ClN2O. The zero-order valence-electron chi connectivity index (χ0n) is 14.2. The molecule has 0 aliphatic heterocycles. The van der Waals surface area contributed by atoms with Gasteiger partial charge in [0.05, 0.1) is 16.6 Å². The molecule has 0 fully saturated rings. The summed E-state index contributed by atoms with van der Waals surface area (Å²) < 4.78 is 0. The van der Waals surface area contributed by atoms with E-state index in [1.807, 2.05) is 62.4 Å². The molecule has 25 heavy (non-hydrogen) atoms. The molecule has 0 saturated carbocycles. The summed E-state index contributed by atoms with van der Waals surface area (Å²) in [5.74, 6) is -0.181. The van der Waals surface area contributed by atoms with Gasteiger partial charge in [-0.1, -0.05) is 47.5 Å². The number of aryl methyl sites for hydroxylation is 1. The van der Waals surface area contributed by atoms with Crippen molar-refractivity contribution < 1.29 is 4.79 Å². The van der Waals surface area contributed by atoms with Gasteiger partial charge < -0.3 is 5.32 Å². The average molecular weight is 351 g/mol. The first kappa shape index (κ1) is 17.2. The van der Waals surface area contributed by atoms with Crippen LogP contribution in [0.2, 0.25) is 5.02 Å². The molecule has 0 radical (unpaired) electrons. The third-order valence-electron chi connectivity index (χ3n) is 4.15. The second kappa shape index (κ2) is 7.49. The van der Waals surface area contributed by atoms with Crippen molar-refractivity contribution in [3.63, 3.8) is 0 Å². The number of amides is 1. The fraction of sp³-hybridized carbons (Fsp3) is 0.143. The van der Waals surface area contributed by atoms with E-state index in [9.17, 15) is 4.79 Å². The summed E-state index contributed by atoms with van der Waals surface area (Å²) in [5.41, 5.74) is 4.69. The molecule has 2 aromatic carbocycles. The van der Waals surface area contributed by atoms with Gasteiger partial charge in [0.2, 0.25) is 0 Å². The van der Waals surface area contributed by atoms with Crippen LogP contribution in [0.25, 0.3) is 11.1 Å². The minimum Gasteiger partial charge on any atom is -0.345 e. The molecule has 1 aromatic heterocycles. The lowest BCUT2D eigenvalue weighted by atomic mass is 10.0. The summed E-state index contributed by atoms with van der Waals surface area (Å²) in [6.07, 6.45) is 3.46. The lowest BCUT2D eigenvalue weighted by Crippen LogP contribution is -2.26. The quantitative estimate of drug-likeness (QED) is 0.702. The number of hydrogen-bond donors (Lipinski definition) is 1. The van der Waals surface area contributed by atoms with Gasteiger partial charge in [-0.25, -0.2) is 0 Å². The average Bonchev–Trinajstić information content (AvgIpc) is 2.62. The summed E-state index contributed by atoms with van der Waals surface area (Å²) in [6, 6.07) is 17.3. The predicted octanol–water partition coefficient (Wildman–Crippen LogP) is 5.20. The van der Waals surface area contributed by atoms with Crippen LogP contribution in [0, 0.1) is 6.92 Å². The van der Waals surface area contributed by atoms with Gasteiger partial charge in [-0.2, -0.15) is 0 Å². The Labute approximate surface area is 152 Å². The monoisotopic (exact) mass is 350 g/mol. The van der Waals surface area contributed by atoms with Crippen LogP contribution in [-0.2, 0) is 0 Å². The molecule has 1 heterocycles. The maximum Gasteiger partial charge on any atom is 0.253 e. The lowest BCUT2D eigenvalue weighted by molar-refractivity contribution is 0.0940. The van der Waals surface area contributed by atoms with Gasteiger partial charge in [0.25, 0.3) is 5.91 Å². The Kier molecular flexibility index (Phi) is 5.15. The molecule has 0 aliphatic rings. The number of nitrogens with zero attached hydrogens (tertiary/aromatic N) is 1. The number of aromatic nitrogens is 1. The summed E-state index contributed by atoms with van der Waals surface area (Å²) in [5, 5.41) is 3.43. The second-order valence-electron chi connectivity index (χ2n) is 6.04. The van der Waals surface area contributed by atoms with Crippen LogP contribution in [0.4, 0.5) is 0 Å². The van der Waals surface area contributed by atoms with E-state index in [0.29, 0.717) is 10.6 Å². The molecule has 1 amide bonds. The largest absolute Gasteiger partial charge is 0.345 e. The van der Waals surface area contributed by atoms with Gasteiger partial charge >= 0.3 is 0 Å². The van der Waals surface area contributed by atoms with Crippen molar-refractivity contribution in [3.05, 3.63) is 88.7 Å². The van der Waals surface area contributed by atoms with E-state index >= 15 is 0 Å². The van der Waals surface area contributed by atoms with Crippen molar-refractivity contribution in [2.45, 2.75) is 19.9 Å². The van der Waals surface area contributed by atoms with E-state index in [1.54, 1.807) is 18.5 Å². The molecule has 1 unspecified atom stereocenters. The molecule has 1 N–H and O–H groups in total. The van der Waals surface area contributed by atoms with Crippen molar-refractivity contribution in [1.29, 1.82) is 0 Å². The van der Waals surface area contributed by atoms with E-state index in [2.05, 4.69) is 10.3 Å². The molecule has 126 valence electrons. The smallest absolute Gasteiger partial charge is 0.253 e. The van der Waals surface area contributed by atoms with Crippen molar-refractivity contribution in [2.75, 3.05) is 0 Å². The predicted molar refractivity (Wildman–Crippen MR) is 102 cm³/mol. The van der Waals surface area contributed by atoms with E-state index in [4.69, 9.17) is 11.6 Å². The van der Waals surface area contributed by atoms with Gasteiger partial charge in [-0.3, -0.25) is 9.78 Å². The van der Waals surface area contributed by atoms with Gasteiger partial charge in [-0.05, 0) is 54.8 Å². The SMILES string of the molecule is Cc1ccc(C(C)NC(=O)c2ccc(-c3ccncc3)cc2Cl)cc1. The first-order valence-electron chi connectivity index (χ1n) is 8.12. The molecule has 0 spiro atoms. The lowest BCUT2D eigenvalue weighted by Gasteiger charge is -2.15. The first-order chi connectivity index (χ1) is 12.0. The van der Waals surface area contributed by atoms with Crippen LogP contribution >= 0.6 is 11.6 Å². The van der Waals surface area contributed by atoms with Crippen molar-refractivity contribution in [2.24, 2.45) is 0 Å². The van der Waals surface area contributed by atoms with Gasteiger partial charge in [0, 0.05) is 12.4 Å². The molecule has 3 rings (SSSR count). The highest BCUT2D eigenvalue weighted by atomic mass is 35.5. The maximum atomic E-state index is 12.6. The molecular weight excluding hydrogens is 332 g/mol. The van der Waals surface area contributed by atoms with Crippen LogP contribution in [-0.4, -0.2) is 10.9 Å². The Hall–Kier alpha value is -2.65. The van der Waals surface area contributed by atoms with Gasteiger partial charge in [-0.15, -0.1) is 0 Å². The minimum atomic E-state index is -0.181. The molecule has 0 saturated heterocycles. The molecule has 3 aromatic rings. The number of benzene rings is 2. The molecule has 4 heteroatoms. The topological polar surface area (TPSA) is 42.0 Å². The number of pyridine rings is 1. The van der Waals surface area contributed by atoms with Gasteiger partial charge in [0.1, 0.15) is 0 Å². The van der Waals surface area contributed by atoms with E-state index in [-0.39, 0.29) is 11.9 Å². The maximum absolute atomic E-state index is 12.6. The summed E-state index contributed by atoms with van der Waals surface area (Å²) in [4.78, 5) is 16.6. The Morgan fingerprint density at radius 1 is 1.00 bits per heavy atom. The van der Waals surface area contributed by atoms with E-state index in [1.165, 1.54) is 5.56 Å². The fourth-order valence-electron chi connectivity index (χ4n) is 2.64. The molecule has 0 aliphatic carbocycles. The summed E-state index contributed by atoms with van der Waals surface area (Å²) in [7, 11) is 0. The Balaban J connectivity index is 1.77. The van der Waals surface area contributed by atoms with Gasteiger partial charge in [0.15, 0.2) is 0 Å². The zero-order valence-corrected chi connectivity index (χ0v) is 14.9. The highest BCUT2D eigenvalue weighted by molar-refractivity contribution is 6.34. The van der Waals surface area contributed by atoms with Crippen LogP contribution in [0.1, 0.15) is 34.5 Å². The number of rotatable bonds is 4. The standard InChI is InChI=1S/C21H19ClN2O/c1-14-3-5-16(6-4-14)15(2)24-21(25)19-8-7-18(13-20(19)22)17-9-11-23-12-10-17/h3-13,15H,1-2H3,(H,24,25). The Morgan fingerprint density at radius 2 is 1.68 bits per heavy atom. The molecule has 1 atom stereocenters. The second-order valence-corrected chi connectivity index (χ2v) is 6.44. The van der Waals surface area contributed by atoms with Crippen LogP contribution < -0.4 is 5.32 Å². The number of carbonyl (C=O) groups excluding carboxylic acids is 1. The summed E-state index contributed by atoms with van der Waals surface area (Å²) in [6.45, 7) is 4.00. The minimum absolute atomic E-state index is 0.0935. The Morgan fingerprint density at radius 3 is 2.32 bits per heavy atom.